The van der Waals surface area contributed by atoms with Gasteiger partial charge in [0.1, 0.15) is 67.1 Å². The van der Waals surface area contributed by atoms with E-state index in [4.69, 9.17) is 33.2 Å². The van der Waals surface area contributed by atoms with Gasteiger partial charge in [-0.1, -0.05) is 36.4 Å². The fraction of sp³-hybridized carbons (Fsp3) is 0.392. The van der Waals surface area contributed by atoms with Crippen molar-refractivity contribution in [2.24, 2.45) is 0 Å². The van der Waals surface area contributed by atoms with Crippen molar-refractivity contribution in [3.63, 3.8) is 0 Å². The fourth-order valence-electron chi connectivity index (χ4n) is 9.38. The number of phenols is 2. The van der Waals surface area contributed by atoms with E-state index in [9.17, 15) is 74.4 Å². The molecule has 11 N–H and O–H groups in total. The normalized spacial score (nSPS) is 26.4. The molecule has 26 heteroatoms. The number of amides is 3. The van der Waals surface area contributed by atoms with Gasteiger partial charge in [0.25, 0.3) is 0 Å². The number of fused-ring (bicyclic) bond motifs is 3. The van der Waals surface area contributed by atoms with Crippen LogP contribution < -0.4 is 20.7 Å². The van der Waals surface area contributed by atoms with Gasteiger partial charge in [-0.25, -0.2) is 19.2 Å². The van der Waals surface area contributed by atoms with Crippen LogP contribution in [0.1, 0.15) is 80.0 Å². The Bertz CT molecular complexity index is 2950. The van der Waals surface area contributed by atoms with Gasteiger partial charge in [0.2, 0.25) is 12.1 Å². The number of aromatic hydroxyl groups is 2. The smallest absolute Gasteiger partial charge is 0.414 e. The zero-order valence-electron chi connectivity index (χ0n) is 41.1. The van der Waals surface area contributed by atoms with Gasteiger partial charge < -0.3 is 84.1 Å². The highest BCUT2D eigenvalue weighted by Gasteiger charge is 2.51. The van der Waals surface area contributed by atoms with E-state index in [0.717, 1.165) is 7.11 Å². The standard InChI is InChI=1S/C51H53N3O23/c1-21-37(57)28(15-32(74-21)75-30-17-51(69,31(56)18-55)16-27-34(30)41(61)36-35(39(27)59)38(58)26-5-4-6-29(70-2)33(26)40(36)60)54-49(67)73-20-23-7-11-24(12-8-23)52-48(66)72-19-22-9-13-25(14-10-22)53-50(68)77-47-44(64)42(62)43(63)45(76-47)46(65)71-3/h4-14,21,28,30,32,37,42-45,47,55,57,59,61-64,69H,15-20H2,1-3H3,(H,52,66)(H,53,68)(H,54,67)/t21-,28-,30-,32-,37+,42-,43-,44+,45-,47-,51-/m0/s1. The molecule has 0 spiro atoms. The third kappa shape index (κ3) is 11.4. The number of hydrogen-bond acceptors (Lipinski definition) is 23. The largest absolute Gasteiger partial charge is 0.507 e. The van der Waals surface area contributed by atoms with E-state index in [2.05, 4.69) is 20.7 Å². The summed E-state index contributed by atoms with van der Waals surface area (Å²) in [5.41, 5.74) is -2.90. The van der Waals surface area contributed by atoms with Crippen LogP contribution in [-0.4, -0.2) is 164 Å². The topological polar surface area (TPSA) is 391 Å². The number of esters is 1. The summed E-state index contributed by atoms with van der Waals surface area (Å²) < 4.78 is 42.8. The number of nitrogens with one attached hydrogen (secondary N) is 3. The van der Waals surface area contributed by atoms with E-state index < -0.39 is 151 Å². The van der Waals surface area contributed by atoms with Crippen LogP contribution in [-0.2, 0) is 62.4 Å². The van der Waals surface area contributed by atoms with E-state index in [1.54, 1.807) is 12.1 Å². The number of hydrogen-bond donors (Lipinski definition) is 11. The van der Waals surface area contributed by atoms with Gasteiger partial charge in [-0.05, 0) is 48.4 Å². The maximum Gasteiger partial charge on any atom is 0.414 e. The van der Waals surface area contributed by atoms with Crippen LogP contribution in [0.4, 0.5) is 25.8 Å². The third-order valence-corrected chi connectivity index (χ3v) is 13.4. The van der Waals surface area contributed by atoms with Crippen molar-refractivity contribution in [3.8, 4) is 17.2 Å². The minimum absolute atomic E-state index is 0.0231. The minimum atomic E-state index is -2.41. The number of phenolic OH excluding ortho intramolecular Hbond substituents is 2. The number of Topliss-reactive ketones (excluding diaryl/α,β-unsaturated/α-hetero) is 1. The van der Waals surface area contributed by atoms with E-state index in [-0.39, 0.29) is 53.3 Å². The van der Waals surface area contributed by atoms with Gasteiger partial charge in [0, 0.05) is 47.3 Å². The molecule has 2 fully saturated rings. The average Bonchev–Trinajstić information content (AvgIpc) is 3.60. The number of rotatable bonds is 14. The Balaban J connectivity index is 0.835. The molecule has 4 aromatic carbocycles. The van der Waals surface area contributed by atoms with Crippen molar-refractivity contribution >= 4 is 53.0 Å². The molecule has 77 heavy (non-hydrogen) atoms. The van der Waals surface area contributed by atoms with Gasteiger partial charge in [-0.3, -0.25) is 25.0 Å². The van der Waals surface area contributed by atoms with Gasteiger partial charge >= 0.3 is 24.2 Å². The van der Waals surface area contributed by atoms with E-state index in [1.165, 1.54) is 68.6 Å². The van der Waals surface area contributed by atoms with Crippen LogP contribution >= 0.6 is 0 Å². The van der Waals surface area contributed by atoms with Crippen molar-refractivity contribution in [2.45, 2.75) is 106 Å². The lowest BCUT2D eigenvalue weighted by molar-refractivity contribution is -0.278. The second-order valence-electron chi connectivity index (χ2n) is 18.4. The van der Waals surface area contributed by atoms with Crippen LogP contribution in [0.3, 0.4) is 0 Å². The summed E-state index contributed by atoms with van der Waals surface area (Å²) >= 11 is 0. The van der Waals surface area contributed by atoms with Crippen LogP contribution in [0.2, 0.25) is 0 Å². The molecule has 4 aromatic rings. The number of carbonyl (C=O) groups is 7. The number of benzene rings is 4. The molecular formula is C51H53N3O23. The van der Waals surface area contributed by atoms with Crippen molar-refractivity contribution in [1.29, 1.82) is 0 Å². The van der Waals surface area contributed by atoms with Crippen molar-refractivity contribution in [1.82, 2.24) is 5.32 Å². The molecule has 0 saturated carbocycles. The summed E-state index contributed by atoms with van der Waals surface area (Å²) in [5, 5.41) is 93.7. The van der Waals surface area contributed by atoms with Crippen molar-refractivity contribution in [2.75, 3.05) is 31.5 Å². The van der Waals surface area contributed by atoms with Crippen LogP contribution in [0.25, 0.3) is 0 Å². The first-order chi connectivity index (χ1) is 36.7. The maximum absolute atomic E-state index is 14.0. The van der Waals surface area contributed by atoms with Crippen molar-refractivity contribution in [3.05, 3.63) is 111 Å². The molecule has 2 aliphatic heterocycles. The second kappa shape index (κ2) is 22.8. The molecule has 410 valence electrons. The first kappa shape index (κ1) is 55.4. The number of aliphatic hydroxyl groups is 6. The lowest BCUT2D eigenvalue weighted by Crippen LogP contribution is -2.61. The van der Waals surface area contributed by atoms with Gasteiger partial charge in [0.05, 0.1) is 49.2 Å². The summed E-state index contributed by atoms with van der Waals surface area (Å²) in [6.45, 7) is -0.123. The Morgan fingerprint density at radius 3 is 1.95 bits per heavy atom. The number of aliphatic hydroxyl groups excluding tert-OH is 5. The molecule has 0 radical (unpaired) electrons. The molecule has 0 bridgehead atoms. The number of ether oxygens (including phenoxy) is 8. The molecule has 0 aromatic heterocycles. The molecule has 8 rings (SSSR count). The Labute approximate surface area is 435 Å². The summed E-state index contributed by atoms with van der Waals surface area (Å²) in [7, 11) is 2.29. The fourth-order valence-corrected chi connectivity index (χ4v) is 9.38. The van der Waals surface area contributed by atoms with E-state index in [1.807, 2.05) is 0 Å². The second-order valence-corrected chi connectivity index (χ2v) is 18.4. The predicted octanol–water partition coefficient (Wildman–Crippen LogP) is 1.25. The highest BCUT2D eigenvalue weighted by molar-refractivity contribution is 6.31. The zero-order chi connectivity index (χ0) is 55.6. The molecule has 0 unspecified atom stereocenters. The number of carbonyl (C=O) groups excluding carboxylic acids is 7. The van der Waals surface area contributed by atoms with Crippen LogP contribution in [0, 0.1) is 0 Å². The molecule has 4 aliphatic rings. The maximum atomic E-state index is 14.0. The molecule has 2 aliphatic carbocycles. The Hall–Kier alpha value is -7.79. The minimum Gasteiger partial charge on any atom is -0.507 e. The van der Waals surface area contributed by atoms with Gasteiger partial charge in [0.15, 0.2) is 24.0 Å². The summed E-state index contributed by atoms with van der Waals surface area (Å²) in [5.74, 6) is -5.42. The summed E-state index contributed by atoms with van der Waals surface area (Å²) in [6, 6.07) is 15.2. The highest BCUT2D eigenvalue weighted by atomic mass is 16.7. The molecule has 2 saturated heterocycles. The van der Waals surface area contributed by atoms with Gasteiger partial charge in [-0.15, -0.1) is 0 Å². The monoisotopic (exact) mass is 1080 g/mol. The quantitative estimate of drug-likeness (QED) is 0.0423. The molecular weight excluding hydrogens is 1020 g/mol. The number of methoxy groups -OCH3 is 2. The Morgan fingerprint density at radius 1 is 0.727 bits per heavy atom. The van der Waals surface area contributed by atoms with E-state index >= 15 is 0 Å². The third-order valence-electron chi connectivity index (χ3n) is 13.4. The Kier molecular flexibility index (Phi) is 16.4. The van der Waals surface area contributed by atoms with Gasteiger partial charge in [-0.2, -0.15) is 0 Å². The number of alkyl carbamates (subject to hydrolysis) is 1. The average molecular weight is 1080 g/mol. The molecule has 11 atom stereocenters. The SMILES string of the molecule is COC(=O)[C@H]1O[C@@H](OC(=O)Nc2ccc(COC(=O)Nc3ccc(COC(=O)N[C@H]4C[C@H](O[C@H]5C[C@](O)(C(=O)CO)Cc6c(O)c7c(c(O)c65)C(=O)c5c(OC)cccc5C7=O)O[C@@H](C)[C@H]4O)cc3)cc2)[C@H](O)[C@@H](O)[C@@H]1O. The number of ketones is 3. The first-order valence-corrected chi connectivity index (χ1v) is 23.7. The lowest BCUT2D eigenvalue weighted by Gasteiger charge is -2.42. The zero-order valence-corrected chi connectivity index (χ0v) is 41.1. The molecule has 2 heterocycles. The summed E-state index contributed by atoms with van der Waals surface area (Å²) in [4.78, 5) is 90.9. The van der Waals surface area contributed by atoms with E-state index in [0.29, 0.717) is 16.8 Å². The number of anilines is 2. The first-order valence-electron chi connectivity index (χ1n) is 23.7. The lowest BCUT2D eigenvalue weighted by atomic mass is 9.72. The molecule has 26 nitrogen and oxygen atoms in total. The van der Waals surface area contributed by atoms with Crippen LogP contribution in [0.15, 0.2) is 66.7 Å². The molecule has 3 amide bonds. The Morgan fingerprint density at radius 2 is 1.34 bits per heavy atom. The van der Waals surface area contributed by atoms with Crippen LogP contribution in [0.5, 0.6) is 17.2 Å². The summed E-state index contributed by atoms with van der Waals surface area (Å²) in [6.07, 6.45) is -19.0. The van der Waals surface area contributed by atoms with Crippen molar-refractivity contribution < 1.29 is 112 Å². The predicted molar refractivity (Wildman–Crippen MR) is 256 cm³/mol. The highest BCUT2D eigenvalue weighted by Crippen LogP contribution is 2.52.